The van der Waals surface area contributed by atoms with Crippen LogP contribution in [0.2, 0.25) is 5.02 Å². The van der Waals surface area contributed by atoms with Gasteiger partial charge in [0.05, 0.1) is 0 Å². The predicted molar refractivity (Wildman–Crippen MR) is 62.5 cm³/mol. The molecule has 0 spiro atoms. The number of rotatable bonds is 4. The standard InChI is InChI=1S/C11H17ClN2/c1-3-6-14(2)8-9-7-10(12)4-5-11(9)13/h4-5,7H,3,6,8,13H2,1-2H3. The summed E-state index contributed by atoms with van der Waals surface area (Å²) >= 11 is 5.90. The maximum atomic E-state index is 5.90. The van der Waals surface area contributed by atoms with Crippen molar-refractivity contribution in [3.8, 4) is 0 Å². The lowest BCUT2D eigenvalue weighted by molar-refractivity contribution is 0.328. The van der Waals surface area contributed by atoms with E-state index in [1.54, 1.807) is 0 Å². The van der Waals surface area contributed by atoms with Gasteiger partial charge in [0.25, 0.3) is 0 Å². The lowest BCUT2D eigenvalue weighted by atomic mass is 10.1. The second-order valence-corrected chi connectivity index (χ2v) is 4.02. The molecule has 0 unspecified atom stereocenters. The number of hydrogen-bond acceptors (Lipinski definition) is 2. The monoisotopic (exact) mass is 212 g/mol. The summed E-state index contributed by atoms with van der Waals surface area (Å²) in [5.41, 5.74) is 7.77. The Morgan fingerprint density at radius 1 is 1.43 bits per heavy atom. The molecule has 2 nitrogen and oxygen atoms in total. The summed E-state index contributed by atoms with van der Waals surface area (Å²) in [6.07, 6.45) is 1.15. The maximum absolute atomic E-state index is 5.90. The summed E-state index contributed by atoms with van der Waals surface area (Å²) in [5, 5.41) is 0.749. The van der Waals surface area contributed by atoms with Crippen molar-refractivity contribution in [3.63, 3.8) is 0 Å². The van der Waals surface area contributed by atoms with Crippen LogP contribution >= 0.6 is 11.6 Å². The summed E-state index contributed by atoms with van der Waals surface area (Å²) in [5.74, 6) is 0. The van der Waals surface area contributed by atoms with Crippen molar-refractivity contribution in [1.29, 1.82) is 0 Å². The van der Waals surface area contributed by atoms with Gasteiger partial charge in [-0.3, -0.25) is 0 Å². The van der Waals surface area contributed by atoms with Crippen LogP contribution in [0.4, 0.5) is 5.69 Å². The van der Waals surface area contributed by atoms with Crippen LogP contribution in [0.3, 0.4) is 0 Å². The fourth-order valence-electron chi connectivity index (χ4n) is 1.46. The normalized spacial score (nSPS) is 10.9. The van der Waals surface area contributed by atoms with Crippen molar-refractivity contribution >= 4 is 17.3 Å². The summed E-state index contributed by atoms with van der Waals surface area (Å²) in [6.45, 7) is 4.10. The van der Waals surface area contributed by atoms with E-state index in [0.717, 1.165) is 35.8 Å². The quantitative estimate of drug-likeness (QED) is 0.778. The summed E-state index contributed by atoms with van der Waals surface area (Å²) in [4.78, 5) is 2.24. The molecule has 0 aliphatic rings. The Bertz CT molecular complexity index is 299. The van der Waals surface area contributed by atoms with Crippen LogP contribution in [0.15, 0.2) is 18.2 Å². The van der Waals surface area contributed by atoms with Crippen molar-refractivity contribution in [2.24, 2.45) is 0 Å². The molecule has 3 heteroatoms. The Labute approximate surface area is 90.7 Å². The lowest BCUT2D eigenvalue weighted by Crippen LogP contribution is -2.19. The average molecular weight is 213 g/mol. The molecule has 14 heavy (non-hydrogen) atoms. The number of hydrogen-bond donors (Lipinski definition) is 1. The number of nitrogen functional groups attached to an aromatic ring is 1. The zero-order chi connectivity index (χ0) is 10.6. The van der Waals surface area contributed by atoms with E-state index >= 15 is 0 Å². The van der Waals surface area contributed by atoms with Gasteiger partial charge < -0.3 is 10.6 Å². The van der Waals surface area contributed by atoms with Gasteiger partial charge in [-0.2, -0.15) is 0 Å². The van der Waals surface area contributed by atoms with Crippen LogP contribution in [-0.4, -0.2) is 18.5 Å². The third-order valence-electron chi connectivity index (χ3n) is 2.15. The summed E-state index contributed by atoms with van der Waals surface area (Å²) < 4.78 is 0. The zero-order valence-electron chi connectivity index (χ0n) is 8.76. The molecule has 1 aromatic carbocycles. The van der Waals surface area contributed by atoms with Crippen molar-refractivity contribution in [1.82, 2.24) is 4.90 Å². The molecule has 78 valence electrons. The number of nitrogens with zero attached hydrogens (tertiary/aromatic N) is 1. The number of benzene rings is 1. The van der Waals surface area contributed by atoms with Crippen molar-refractivity contribution in [2.45, 2.75) is 19.9 Å². The topological polar surface area (TPSA) is 29.3 Å². The molecule has 0 bridgehead atoms. The largest absolute Gasteiger partial charge is 0.398 e. The number of anilines is 1. The van der Waals surface area contributed by atoms with E-state index in [9.17, 15) is 0 Å². The SMILES string of the molecule is CCCN(C)Cc1cc(Cl)ccc1N. The molecule has 0 saturated heterocycles. The molecule has 0 saturated carbocycles. The molecular weight excluding hydrogens is 196 g/mol. The first-order chi connectivity index (χ1) is 6.63. The highest BCUT2D eigenvalue weighted by molar-refractivity contribution is 6.30. The maximum Gasteiger partial charge on any atom is 0.0410 e. The van der Waals surface area contributed by atoms with Crippen LogP contribution in [0, 0.1) is 0 Å². The zero-order valence-corrected chi connectivity index (χ0v) is 9.51. The van der Waals surface area contributed by atoms with E-state index in [0.29, 0.717) is 0 Å². The highest BCUT2D eigenvalue weighted by Crippen LogP contribution is 2.19. The third kappa shape index (κ3) is 3.20. The van der Waals surface area contributed by atoms with Crippen molar-refractivity contribution in [3.05, 3.63) is 28.8 Å². The summed E-state index contributed by atoms with van der Waals surface area (Å²) in [6, 6.07) is 5.61. The lowest BCUT2D eigenvalue weighted by Gasteiger charge is -2.16. The molecule has 0 radical (unpaired) electrons. The minimum atomic E-state index is 0.749. The number of nitrogens with two attached hydrogens (primary N) is 1. The van der Waals surface area contributed by atoms with Gasteiger partial charge in [0.1, 0.15) is 0 Å². The number of halogens is 1. The van der Waals surface area contributed by atoms with Gasteiger partial charge in [0.2, 0.25) is 0 Å². The Balaban J connectivity index is 2.70. The van der Waals surface area contributed by atoms with E-state index in [-0.39, 0.29) is 0 Å². The Morgan fingerprint density at radius 3 is 2.79 bits per heavy atom. The molecule has 0 aliphatic heterocycles. The smallest absolute Gasteiger partial charge is 0.0410 e. The average Bonchev–Trinajstić information content (AvgIpc) is 2.12. The molecule has 0 heterocycles. The van der Waals surface area contributed by atoms with Crippen molar-refractivity contribution < 1.29 is 0 Å². The van der Waals surface area contributed by atoms with Crippen LogP contribution in [0.1, 0.15) is 18.9 Å². The van der Waals surface area contributed by atoms with Gasteiger partial charge >= 0.3 is 0 Å². The molecule has 0 fully saturated rings. The fourth-order valence-corrected chi connectivity index (χ4v) is 1.66. The fraction of sp³-hybridized carbons (Fsp3) is 0.455. The van der Waals surface area contributed by atoms with Crippen LogP contribution in [0.5, 0.6) is 0 Å². The van der Waals surface area contributed by atoms with Gasteiger partial charge in [0.15, 0.2) is 0 Å². The predicted octanol–water partition coefficient (Wildman–Crippen LogP) is 2.76. The minimum absolute atomic E-state index is 0.749. The molecule has 2 N–H and O–H groups in total. The first kappa shape index (κ1) is 11.3. The van der Waals surface area contributed by atoms with E-state index in [4.69, 9.17) is 17.3 Å². The second kappa shape index (κ2) is 5.23. The van der Waals surface area contributed by atoms with Gasteiger partial charge in [-0.05, 0) is 43.8 Å². The summed E-state index contributed by atoms with van der Waals surface area (Å²) in [7, 11) is 2.09. The highest BCUT2D eigenvalue weighted by Gasteiger charge is 2.03. The highest BCUT2D eigenvalue weighted by atomic mass is 35.5. The molecule has 0 aliphatic carbocycles. The third-order valence-corrected chi connectivity index (χ3v) is 2.39. The van der Waals surface area contributed by atoms with Crippen LogP contribution in [0.25, 0.3) is 0 Å². The van der Waals surface area contributed by atoms with Gasteiger partial charge in [-0.1, -0.05) is 18.5 Å². The Hall–Kier alpha value is -0.730. The second-order valence-electron chi connectivity index (χ2n) is 3.58. The van der Waals surface area contributed by atoms with Crippen LogP contribution in [-0.2, 0) is 6.54 Å². The van der Waals surface area contributed by atoms with Gasteiger partial charge in [0, 0.05) is 17.3 Å². The Kier molecular flexibility index (Phi) is 4.23. The first-order valence-electron chi connectivity index (χ1n) is 4.86. The van der Waals surface area contributed by atoms with E-state index in [1.807, 2.05) is 18.2 Å². The Morgan fingerprint density at radius 2 is 2.14 bits per heavy atom. The van der Waals surface area contributed by atoms with Crippen molar-refractivity contribution in [2.75, 3.05) is 19.3 Å². The van der Waals surface area contributed by atoms with E-state index < -0.39 is 0 Å². The minimum Gasteiger partial charge on any atom is -0.398 e. The van der Waals surface area contributed by atoms with Gasteiger partial charge in [-0.25, -0.2) is 0 Å². The first-order valence-corrected chi connectivity index (χ1v) is 5.23. The molecule has 0 amide bonds. The molecule has 0 atom stereocenters. The van der Waals surface area contributed by atoms with E-state index in [1.165, 1.54) is 0 Å². The van der Waals surface area contributed by atoms with Gasteiger partial charge in [-0.15, -0.1) is 0 Å². The molecule has 1 rings (SSSR count). The molecular formula is C11H17ClN2. The molecule has 1 aromatic rings. The molecule has 0 aromatic heterocycles. The van der Waals surface area contributed by atoms with Crippen LogP contribution < -0.4 is 5.73 Å². The van der Waals surface area contributed by atoms with E-state index in [2.05, 4.69) is 18.9 Å².